The fraction of sp³-hybridized carbons (Fsp3) is 0.125. The Morgan fingerprint density at radius 1 is 1.73 bits per heavy atom. The average molecular weight is 145 g/mol. The number of nitrogens with one attached hydrogen (secondary N) is 1. The molecule has 0 spiro atoms. The van der Waals surface area contributed by atoms with Crippen molar-refractivity contribution in [1.82, 2.24) is 4.98 Å². The van der Waals surface area contributed by atoms with E-state index in [1.165, 1.54) is 0 Å². The van der Waals surface area contributed by atoms with Gasteiger partial charge in [0.05, 0.1) is 0 Å². The smallest absolute Gasteiger partial charge is 0.139 e. The van der Waals surface area contributed by atoms with Crippen LogP contribution in [0.2, 0.25) is 0 Å². The van der Waals surface area contributed by atoms with Crippen molar-refractivity contribution in [2.75, 3.05) is 0 Å². The summed E-state index contributed by atoms with van der Waals surface area (Å²) in [5.74, 6) is 0. The van der Waals surface area contributed by atoms with Crippen LogP contribution in [0.4, 0.5) is 0 Å². The minimum Gasteiger partial charge on any atom is -0.290 e. The third-order valence-corrected chi connectivity index (χ3v) is 1.40. The highest BCUT2D eigenvalue weighted by atomic mass is 14.6. The lowest BCUT2D eigenvalue weighted by molar-refractivity contribution is 1.25. The molecule has 0 aromatic carbocycles. The molecule has 0 fully saturated rings. The molecule has 0 atom stereocenters. The molecule has 0 unspecified atom stereocenters. The van der Waals surface area contributed by atoms with Crippen LogP contribution in [0.3, 0.4) is 0 Å². The monoisotopic (exact) mass is 145 g/mol. The molecular formula is C8H7N3. The molecule has 3 nitrogen and oxygen atoms in total. The van der Waals surface area contributed by atoms with Gasteiger partial charge < -0.3 is 0 Å². The zero-order valence-electron chi connectivity index (χ0n) is 6.13. The van der Waals surface area contributed by atoms with Gasteiger partial charge in [0.25, 0.3) is 0 Å². The Labute approximate surface area is 64.8 Å². The summed E-state index contributed by atoms with van der Waals surface area (Å²) in [7, 11) is 0. The Balaban J connectivity index is 3.16. The van der Waals surface area contributed by atoms with Crippen molar-refractivity contribution >= 4 is 5.71 Å². The van der Waals surface area contributed by atoms with Crippen LogP contribution < -0.4 is 0 Å². The van der Waals surface area contributed by atoms with Gasteiger partial charge in [-0.2, -0.15) is 5.26 Å². The van der Waals surface area contributed by atoms with Gasteiger partial charge >= 0.3 is 0 Å². The lowest BCUT2D eigenvalue weighted by Gasteiger charge is -1.97. The van der Waals surface area contributed by atoms with E-state index in [0.29, 0.717) is 5.56 Å². The van der Waals surface area contributed by atoms with E-state index in [1.807, 2.05) is 6.92 Å². The van der Waals surface area contributed by atoms with E-state index in [2.05, 4.69) is 4.98 Å². The van der Waals surface area contributed by atoms with Crippen molar-refractivity contribution in [3.8, 4) is 6.07 Å². The van der Waals surface area contributed by atoms with Gasteiger partial charge in [0.1, 0.15) is 11.8 Å². The van der Waals surface area contributed by atoms with E-state index in [0.717, 1.165) is 5.56 Å². The minimum atomic E-state index is -0.00935. The summed E-state index contributed by atoms with van der Waals surface area (Å²) in [6.07, 6.45) is 3.22. The van der Waals surface area contributed by atoms with Crippen molar-refractivity contribution in [3.63, 3.8) is 0 Å². The number of nitrogens with zero attached hydrogens (tertiary/aromatic N) is 2. The second kappa shape index (κ2) is 2.93. The van der Waals surface area contributed by atoms with E-state index < -0.39 is 0 Å². The summed E-state index contributed by atoms with van der Waals surface area (Å²) in [5.41, 5.74) is 1.51. The van der Waals surface area contributed by atoms with E-state index in [9.17, 15) is 0 Å². The van der Waals surface area contributed by atoms with Crippen molar-refractivity contribution in [3.05, 3.63) is 29.6 Å². The minimum absolute atomic E-state index is 0.00935. The van der Waals surface area contributed by atoms with E-state index in [1.54, 1.807) is 24.5 Å². The Kier molecular flexibility index (Phi) is 1.98. The zero-order chi connectivity index (χ0) is 8.27. The van der Waals surface area contributed by atoms with Gasteiger partial charge in [-0.25, -0.2) is 0 Å². The standard InChI is InChI=1S/C8H7N3/c1-6-5-11-3-2-7(6)8(10)4-9/h2-3,5,10H,1H3. The summed E-state index contributed by atoms with van der Waals surface area (Å²) in [6.45, 7) is 1.83. The maximum Gasteiger partial charge on any atom is 0.139 e. The molecule has 1 rings (SSSR count). The molecule has 0 aliphatic carbocycles. The molecule has 1 heterocycles. The largest absolute Gasteiger partial charge is 0.290 e. The summed E-state index contributed by atoms with van der Waals surface area (Å²) in [5, 5.41) is 15.6. The number of rotatable bonds is 1. The highest BCUT2D eigenvalue weighted by Gasteiger charge is 2.01. The number of pyridine rings is 1. The van der Waals surface area contributed by atoms with Gasteiger partial charge in [-0.3, -0.25) is 10.4 Å². The molecule has 1 aromatic rings. The first-order chi connectivity index (χ1) is 5.25. The lowest BCUT2D eigenvalue weighted by Crippen LogP contribution is -1.97. The number of aryl methyl sites for hydroxylation is 1. The first-order valence-electron chi connectivity index (χ1n) is 3.15. The van der Waals surface area contributed by atoms with Crippen LogP contribution in [0.5, 0.6) is 0 Å². The normalized spacial score (nSPS) is 8.73. The summed E-state index contributed by atoms with van der Waals surface area (Å²) < 4.78 is 0. The number of hydrogen-bond donors (Lipinski definition) is 1. The highest BCUT2D eigenvalue weighted by Crippen LogP contribution is 2.04. The van der Waals surface area contributed by atoms with E-state index >= 15 is 0 Å². The van der Waals surface area contributed by atoms with E-state index in [-0.39, 0.29) is 5.71 Å². The SMILES string of the molecule is Cc1cnccc1C(=N)C#N. The van der Waals surface area contributed by atoms with Crippen LogP contribution in [0, 0.1) is 23.7 Å². The highest BCUT2D eigenvalue weighted by molar-refractivity contribution is 6.10. The molecule has 0 saturated heterocycles. The second-order valence-corrected chi connectivity index (χ2v) is 2.18. The molecule has 0 amide bonds. The topological polar surface area (TPSA) is 60.5 Å². The molecule has 11 heavy (non-hydrogen) atoms. The third-order valence-electron chi connectivity index (χ3n) is 1.40. The molecular weight excluding hydrogens is 138 g/mol. The van der Waals surface area contributed by atoms with Crippen molar-refractivity contribution in [1.29, 1.82) is 10.7 Å². The molecule has 0 aliphatic heterocycles. The molecule has 0 bridgehead atoms. The van der Waals surface area contributed by atoms with Crippen LogP contribution in [0.15, 0.2) is 18.5 Å². The summed E-state index contributed by atoms with van der Waals surface area (Å²) in [4.78, 5) is 3.86. The zero-order valence-corrected chi connectivity index (χ0v) is 6.13. The van der Waals surface area contributed by atoms with Crippen LogP contribution in [-0.4, -0.2) is 10.7 Å². The van der Waals surface area contributed by atoms with Crippen molar-refractivity contribution in [2.24, 2.45) is 0 Å². The molecule has 3 heteroatoms. The molecule has 0 saturated carbocycles. The molecule has 0 radical (unpaired) electrons. The van der Waals surface area contributed by atoms with Gasteiger partial charge in [0.2, 0.25) is 0 Å². The molecule has 0 aliphatic rings. The van der Waals surface area contributed by atoms with Gasteiger partial charge in [-0.1, -0.05) is 0 Å². The van der Waals surface area contributed by atoms with Crippen LogP contribution in [-0.2, 0) is 0 Å². The van der Waals surface area contributed by atoms with Gasteiger partial charge in [0.15, 0.2) is 0 Å². The maximum absolute atomic E-state index is 8.42. The van der Waals surface area contributed by atoms with Crippen LogP contribution in [0.25, 0.3) is 0 Å². The number of hydrogen-bond acceptors (Lipinski definition) is 3. The second-order valence-electron chi connectivity index (χ2n) is 2.18. The van der Waals surface area contributed by atoms with Gasteiger partial charge in [0, 0.05) is 18.0 Å². The molecule has 1 N–H and O–H groups in total. The average Bonchev–Trinajstić information content (AvgIpc) is 2.04. The Hall–Kier alpha value is -1.69. The van der Waals surface area contributed by atoms with Gasteiger partial charge in [-0.15, -0.1) is 0 Å². The Morgan fingerprint density at radius 2 is 2.45 bits per heavy atom. The van der Waals surface area contributed by atoms with Crippen LogP contribution in [0.1, 0.15) is 11.1 Å². The number of nitriles is 1. The fourth-order valence-corrected chi connectivity index (χ4v) is 0.814. The fourth-order valence-electron chi connectivity index (χ4n) is 0.814. The summed E-state index contributed by atoms with van der Waals surface area (Å²) in [6, 6.07) is 3.45. The van der Waals surface area contributed by atoms with Gasteiger partial charge in [-0.05, 0) is 18.6 Å². The third kappa shape index (κ3) is 1.41. The molecule has 54 valence electrons. The Bertz CT molecular complexity index is 322. The van der Waals surface area contributed by atoms with Crippen molar-refractivity contribution < 1.29 is 0 Å². The van der Waals surface area contributed by atoms with Crippen molar-refractivity contribution in [2.45, 2.75) is 6.92 Å². The quantitative estimate of drug-likeness (QED) is 0.605. The first kappa shape index (κ1) is 7.42. The predicted octanol–water partition coefficient (Wildman–Crippen LogP) is 1.28. The van der Waals surface area contributed by atoms with Crippen LogP contribution >= 0.6 is 0 Å². The summed E-state index contributed by atoms with van der Waals surface area (Å²) >= 11 is 0. The maximum atomic E-state index is 8.42. The lowest BCUT2D eigenvalue weighted by atomic mass is 10.1. The predicted molar refractivity (Wildman–Crippen MR) is 41.4 cm³/mol. The Morgan fingerprint density at radius 3 is 3.00 bits per heavy atom. The van der Waals surface area contributed by atoms with E-state index in [4.69, 9.17) is 10.7 Å². The first-order valence-corrected chi connectivity index (χ1v) is 3.15. The number of aromatic nitrogens is 1. The molecule has 1 aromatic heterocycles.